The Morgan fingerprint density at radius 2 is 2.29 bits per heavy atom. The normalized spacial score (nSPS) is 18.8. The minimum atomic E-state index is 0.619. The van der Waals surface area contributed by atoms with Gasteiger partial charge in [-0.2, -0.15) is 0 Å². The number of oxime groups is 1. The molecule has 14 heavy (non-hydrogen) atoms. The lowest BCUT2D eigenvalue weighted by Gasteiger charge is -2.09. The van der Waals surface area contributed by atoms with E-state index in [9.17, 15) is 0 Å². The van der Waals surface area contributed by atoms with Crippen molar-refractivity contribution in [2.24, 2.45) is 11.1 Å². The molecule has 1 aliphatic rings. The molecule has 2 rings (SSSR count). The van der Waals surface area contributed by atoms with Gasteiger partial charge in [-0.25, -0.2) is 0 Å². The van der Waals surface area contributed by atoms with Crippen molar-refractivity contribution >= 4 is 17.0 Å². The van der Waals surface area contributed by atoms with Crippen molar-refractivity contribution in [2.75, 3.05) is 7.11 Å². The van der Waals surface area contributed by atoms with Gasteiger partial charge in [-0.3, -0.25) is 0 Å². The summed E-state index contributed by atoms with van der Waals surface area (Å²) < 4.78 is 0. The van der Waals surface area contributed by atoms with Crippen molar-refractivity contribution in [3.05, 3.63) is 22.4 Å². The van der Waals surface area contributed by atoms with Gasteiger partial charge >= 0.3 is 0 Å². The lowest BCUT2D eigenvalue weighted by Crippen LogP contribution is -2.11. The standard InChI is InChI=1S/C11H15NOS/c1-13-12-11(9-5-2-3-6-9)10-7-4-8-14-10/h4,7-9H,2-3,5-6H2,1H3. The molecule has 0 aromatic carbocycles. The van der Waals surface area contributed by atoms with Crippen LogP contribution in [-0.4, -0.2) is 12.8 Å². The number of hydrogen-bond acceptors (Lipinski definition) is 3. The van der Waals surface area contributed by atoms with Crippen LogP contribution in [0.25, 0.3) is 0 Å². The van der Waals surface area contributed by atoms with Crippen LogP contribution in [-0.2, 0) is 4.84 Å². The van der Waals surface area contributed by atoms with Crippen LogP contribution in [0.1, 0.15) is 30.6 Å². The van der Waals surface area contributed by atoms with Crippen LogP contribution in [0.4, 0.5) is 0 Å². The summed E-state index contributed by atoms with van der Waals surface area (Å²) in [5.74, 6) is 0.619. The molecule has 76 valence electrons. The van der Waals surface area contributed by atoms with E-state index in [0.29, 0.717) is 5.92 Å². The lowest BCUT2D eigenvalue weighted by molar-refractivity contribution is 0.211. The first kappa shape index (κ1) is 9.71. The van der Waals surface area contributed by atoms with E-state index in [4.69, 9.17) is 4.84 Å². The molecule has 0 atom stereocenters. The van der Waals surface area contributed by atoms with E-state index >= 15 is 0 Å². The van der Waals surface area contributed by atoms with Crippen molar-refractivity contribution in [3.8, 4) is 0 Å². The third-order valence-electron chi connectivity index (χ3n) is 2.71. The van der Waals surface area contributed by atoms with Crippen molar-refractivity contribution in [3.63, 3.8) is 0 Å². The molecule has 0 saturated heterocycles. The van der Waals surface area contributed by atoms with Gasteiger partial charge in [-0.05, 0) is 24.3 Å². The van der Waals surface area contributed by atoms with Crippen LogP contribution in [0.5, 0.6) is 0 Å². The second-order valence-electron chi connectivity index (χ2n) is 3.62. The quantitative estimate of drug-likeness (QED) is 0.553. The predicted octanol–water partition coefficient (Wildman–Crippen LogP) is 3.29. The van der Waals surface area contributed by atoms with Crippen LogP contribution in [0.3, 0.4) is 0 Å². The van der Waals surface area contributed by atoms with E-state index in [0.717, 1.165) is 5.71 Å². The fraction of sp³-hybridized carbons (Fsp3) is 0.545. The Bertz CT molecular complexity index is 299. The van der Waals surface area contributed by atoms with Gasteiger partial charge in [0, 0.05) is 5.92 Å². The van der Waals surface area contributed by atoms with Gasteiger partial charge < -0.3 is 4.84 Å². The third-order valence-corrected chi connectivity index (χ3v) is 3.60. The third kappa shape index (κ3) is 1.98. The zero-order valence-electron chi connectivity index (χ0n) is 8.40. The van der Waals surface area contributed by atoms with Gasteiger partial charge in [0.25, 0.3) is 0 Å². The topological polar surface area (TPSA) is 21.6 Å². The van der Waals surface area contributed by atoms with Gasteiger partial charge in [-0.15, -0.1) is 11.3 Å². The molecule has 0 amide bonds. The largest absolute Gasteiger partial charge is 0.399 e. The Balaban J connectivity index is 2.19. The van der Waals surface area contributed by atoms with E-state index < -0.39 is 0 Å². The Hall–Kier alpha value is -0.830. The second kappa shape index (κ2) is 4.60. The lowest BCUT2D eigenvalue weighted by atomic mass is 10.0. The molecule has 0 N–H and O–H groups in total. The molecule has 1 aliphatic carbocycles. The van der Waals surface area contributed by atoms with E-state index in [1.165, 1.54) is 30.6 Å². The number of hydrogen-bond donors (Lipinski definition) is 0. The highest BCUT2D eigenvalue weighted by Gasteiger charge is 2.23. The molecular weight excluding hydrogens is 194 g/mol. The smallest absolute Gasteiger partial charge is 0.106 e. The average Bonchev–Trinajstić information content (AvgIpc) is 2.87. The molecule has 1 saturated carbocycles. The summed E-state index contributed by atoms with van der Waals surface area (Å²) in [6, 6.07) is 4.20. The van der Waals surface area contributed by atoms with Gasteiger partial charge in [0.1, 0.15) is 7.11 Å². The molecule has 0 spiro atoms. The monoisotopic (exact) mass is 209 g/mol. The molecule has 0 bridgehead atoms. The second-order valence-corrected chi connectivity index (χ2v) is 4.57. The highest BCUT2D eigenvalue weighted by atomic mass is 32.1. The van der Waals surface area contributed by atoms with E-state index in [-0.39, 0.29) is 0 Å². The molecule has 1 fully saturated rings. The van der Waals surface area contributed by atoms with Crippen molar-refractivity contribution < 1.29 is 4.84 Å². The zero-order chi connectivity index (χ0) is 9.80. The number of rotatable bonds is 3. The fourth-order valence-corrected chi connectivity index (χ4v) is 2.83. The van der Waals surface area contributed by atoms with Gasteiger partial charge in [-0.1, -0.05) is 24.1 Å². The molecule has 0 unspecified atom stereocenters. The Morgan fingerprint density at radius 3 is 2.86 bits per heavy atom. The summed E-state index contributed by atoms with van der Waals surface area (Å²) in [5.41, 5.74) is 1.15. The minimum Gasteiger partial charge on any atom is -0.399 e. The highest BCUT2D eigenvalue weighted by Crippen LogP contribution is 2.30. The summed E-state index contributed by atoms with van der Waals surface area (Å²) in [7, 11) is 1.63. The van der Waals surface area contributed by atoms with Crippen LogP contribution in [0.15, 0.2) is 22.7 Å². The van der Waals surface area contributed by atoms with Crippen molar-refractivity contribution in [1.29, 1.82) is 0 Å². The van der Waals surface area contributed by atoms with Crippen molar-refractivity contribution in [1.82, 2.24) is 0 Å². The summed E-state index contributed by atoms with van der Waals surface area (Å²) in [6.07, 6.45) is 5.19. The molecule has 1 aromatic heterocycles. The number of nitrogens with zero attached hydrogens (tertiary/aromatic N) is 1. The Morgan fingerprint density at radius 1 is 1.50 bits per heavy atom. The van der Waals surface area contributed by atoms with Crippen LogP contribution in [0.2, 0.25) is 0 Å². The summed E-state index contributed by atoms with van der Waals surface area (Å²) in [5, 5.41) is 6.27. The fourth-order valence-electron chi connectivity index (χ4n) is 2.04. The maximum atomic E-state index is 4.93. The summed E-state index contributed by atoms with van der Waals surface area (Å²) in [6.45, 7) is 0. The molecule has 0 aliphatic heterocycles. The average molecular weight is 209 g/mol. The van der Waals surface area contributed by atoms with E-state index in [1.807, 2.05) is 0 Å². The van der Waals surface area contributed by atoms with Crippen LogP contribution >= 0.6 is 11.3 Å². The Kier molecular flexibility index (Phi) is 3.19. The van der Waals surface area contributed by atoms with Gasteiger partial charge in [0.15, 0.2) is 0 Å². The summed E-state index contributed by atoms with van der Waals surface area (Å²) in [4.78, 5) is 6.20. The predicted molar refractivity (Wildman–Crippen MR) is 59.8 cm³/mol. The van der Waals surface area contributed by atoms with E-state index in [2.05, 4.69) is 22.7 Å². The molecule has 0 radical (unpaired) electrons. The van der Waals surface area contributed by atoms with E-state index in [1.54, 1.807) is 18.4 Å². The number of thiophene rings is 1. The Labute approximate surface area is 88.6 Å². The molecular formula is C11H15NOS. The van der Waals surface area contributed by atoms with Crippen molar-refractivity contribution in [2.45, 2.75) is 25.7 Å². The maximum Gasteiger partial charge on any atom is 0.106 e. The first-order valence-corrected chi connectivity index (χ1v) is 5.94. The van der Waals surface area contributed by atoms with Gasteiger partial charge in [0.2, 0.25) is 0 Å². The first-order valence-electron chi connectivity index (χ1n) is 5.06. The van der Waals surface area contributed by atoms with Crippen LogP contribution < -0.4 is 0 Å². The van der Waals surface area contributed by atoms with Crippen LogP contribution in [0, 0.1) is 5.92 Å². The molecule has 2 nitrogen and oxygen atoms in total. The minimum absolute atomic E-state index is 0.619. The maximum absolute atomic E-state index is 4.93. The molecule has 3 heteroatoms. The molecule has 1 aromatic rings. The molecule has 1 heterocycles. The summed E-state index contributed by atoms with van der Waals surface area (Å²) >= 11 is 1.75. The first-order chi connectivity index (χ1) is 6.92. The van der Waals surface area contributed by atoms with Gasteiger partial charge in [0.05, 0.1) is 10.6 Å². The SMILES string of the molecule is CON=C(c1cccs1)C1CCCC1. The highest BCUT2D eigenvalue weighted by molar-refractivity contribution is 7.12. The zero-order valence-corrected chi connectivity index (χ0v) is 9.22.